The number of hydrogen-bond donors (Lipinski definition) is 2. The molecule has 5 nitrogen and oxygen atoms in total. The Morgan fingerprint density at radius 3 is 2.86 bits per heavy atom. The third-order valence-corrected chi connectivity index (χ3v) is 3.38. The fourth-order valence-electron chi connectivity index (χ4n) is 2.47. The topological polar surface area (TPSA) is 73.6 Å². The van der Waals surface area contributed by atoms with E-state index >= 15 is 0 Å². The second-order valence-corrected chi connectivity index (χ2v) is 5.73. The van der Waals surface area contributed by atoms with E-state index in [9.17, 15) is 4.79 Å². The van der Waals surface area contributed by atoms with Crippen LogP contribution in [0.2, 0.25) is 0 Å². The van der Waals surface area contributed by atoms with Crippen LogP contribution >= 0.6 is 12.4 Å². The molecule has 1 aliphatic heterocycles. The lowest BCUT2D eigenvalue weighted by Crippen LogP contribution is -2.48. The maximum atomic E-state index is 12.1. The number of nitrogens with two attached hydrogens (primary N) is 1. The van der Waals surface area contributed by atoms with Crippen LogP contribution < -0.4 is 15.8 Å². The van der Waals surface area contributed by atoms with Crippen molar-refractivity contribution in [2.75, 3.05) is 13.7 Å². The predicted octanol–water partition coefficient (Wildman–Crippen LogP) is 1.80. The van der Waals surface area contributed by atoms with Gasteiger partial charge in [0.15, 0.2) is 0 Å². The fourth-order valence-corrected chi connectivity index (χ4v) is 2.47. The molecule has 0 fully saturated rings. The first-order chi connectivity index (χ1) is 9.43. The number of methoxy groups -OCH3 is 1. The zero-order chi connectivity index (χ0) is 14.8. The molecule has 0 bridgehead atoms. The molecule has 0 radical (unpaired) electrons. The van der Waals surface area contributed by atoms with Crippen molar-refractivity contribution in [1.29, 1.82) is 0 Å². The number of ether oxygens (including phenoxy) is 2. The summed E-state index contributed by atoms with van der Waals surface area (Å²) >= 11 is 0. The van der Waals surface area contributed by atoms with Crippen molar-refractivity contribution in [2.45, 2.75) is 38.0 Å². The highest BCUT2D eigenvalue weighted by Gasteiger charge is 2.34. The average Bonchev–Trinajstić information content (AvgIpc) is 2.37. The largest absolute Gasteiger partial charge is 0.487 e. The molecule has 1 aromatic rings. The number of rotatable bonds is 4. The molecule has 0 spiro atoms. The molecule has 6 heteroatoms. The first kappa shape index (κ1) is 17.8. The highest BCUT2D eigenvalue weighted by Crippen LogP contribution is 2.39. The van der Waals surface area contributed by atoms with Gasteiger partial charge >= 0.3 is 0 Å². The van der Waals surface area contributed by atoms with Crippen molar-refractivity contribution in [1.82, 2.24) is 5.32 Å². The van der Waals surface area contributed by atoms with Gasteiger partial charge in [-0.15, -0.1) is 12.4 Å². The van der Waals surface area contributed by atoms with Crippen molar-refractivity contribution in [2.24, 2.45) is 5.73 Å². The summed E-state index contributed by atoms with van der Waals surface area (Å²) in [6.45, 7) is 4.23. The van der Waals surface area contributed by atoms with Gasteiger partial charge in [0.05, 0.1) is 12.6 Å². The van der Waals surface area contributed by atoms with Gasteiger partial charge in [-0.3, -0.25) is 4.79 Å². The van der Waals surface area contributed by atoms with Gasteiger partial charge in [-0.1, -0.05) is 18.2 Å². The van der Waals surface area contributed by atoms with E-state index < -0.39 is 6.04 Å². The number of para-hydroxylation sites is 1. The van der Waals surface area contributed by atoms with E-state index in [1.807, 2.05) is 38.1 Å². The molecule has 2 atom stereocenters. The molecule has 1 heterocycles. The number of amides is 1. The molecule has 21 heavy (non-hydrogen) atoms. The minimum Gasteiger partial charge on any atom is -0.487 e. The number of carbonyl (C=O) groups excluding carboxylic acids is 1. The normalized spacial score (nSPS) is 20.5. The Bertz CT molecular complexity index is 494. The van der Waals surface area contributed by atoms with E-state index in [-0.39, 0.29) is 36.6 Å². The van der Waals surface area contributed by atoms with E-state index in [0.717, 1.165) is 11.3 Å². The Morgan fingerprint density at radius 2 is 2.19 bits per heavy atom. The van der Waals surface area contributed by atoms with Crippen LogP contribution in [-0.2, 0) is 9.53 Å². The summed E-state index contributed by atoms with van der Waals surface area (Å²) in [5.41, 5.74) is 6.43. The Morgan fingerprint density at radius 1 is 1.52 bits per heavy atom. The third kappa shape index (κ3) is 4.33. The van der Waals surface area contributed by atoms with E-state index in [1.165, 1.54) is 7.11 Å². The second-order valence-electron chi connectivity index (χ2n) is 5.73. The molecule has 3 N–H and O–H groups in total. The van der Waals surface area contributed by atoms with Crippen LogP contribution in [0.1, 0.15) is 31.9 Å². The number of carbonyl (C=O) groups is 1. The van der Waals surface area contributed by atoms with Gasteiger partial charge in [-0.05, 0) is 19.9 Å². The maximum Gasteiger partial charge on any atom is 0.239 e. The zero-order valence-electron chi connectivity index (χ0n) is 12.6. The van der Waals surface area contributed by atoms with Gasteiger partial charge < -0.3 is 20.5 Å². The maximum absolute atomic E-state index is 12.1. The minimum atomic E-state index is -0.655. The zero-order valence-corrected chi connectivity index (χ0v) is 13.4. The van der Waals surface area contributed by atoms with Crippen molar-refractivity contribution >= 4 is 18.3 Å². The van der Waals surface area contributed by atoms with Crippen LogP contribution in [-0.4, -0.2) is 31.3 Å². The lowest BCUT2D eigenvalue weighted by molar-refractivity contribution is -0.124. The molecule has 0 aromatic heterocycles. The quantitative estimate of drug-likeness (QED) is 0.889. The Kier molecular flexibility index (Phi) is 6.01. The highest BCUT2D eigenvalue weighted by molar-refractivity contribution is 5.85. The molecule has 1 aromatic carbocycles. The van der Waals surface area contributed by atoms with Crippen molar-refractivity contribution in [3.63, 3.8) is 0 Å². The summed E-state index contributed by atoms with van der Waals surface area (Å²) < 4.78 is 10.8. The Hall–Kier alpha value is -1.30. The number of halogens is 1. The first-order valence-electron chi connectivity index (χ1n) is 6.76. The number of fused-ring (bicyclic) bond motifs is 1. The SMILES string of the molecule is COCC(N)C(=O)NC1CC(C)(C)Oc2ccccc21.Cl. The van der Waals surface area contributed by atoms with Crippen LogP contribution in [0, 0.1) is 0 Å². The standard InChI is InChI=1S/C15H22N2O3.ClH/c1-15(2)8-12(17-14(18)11(16)9-19-3)10-6-4-5-7-13(10)20-15;/h4-7,11-12H,8-9,16H2,1-3H3,(H,17,18);1H. The van der Waals surface area contributed by atoms with Gasteiger partial charge in [-0.25, -0.2) is 0 Å². The summed E-state index contributed by atoms with van der Waals surface area (Å²) in [5, 5.41) is 2.99. The molecule has 0 saturated heterocycles. The first-order valence-corrected chi connectivity index (χ1v) is 6.76. The molecule has 2 rings (SSSR count). The van der Waals surface area contributed by atoms with Crippen molar-refractivity contribution in [3.05, 3.63) is 29.8 Å². The summed E-state index contributed by atoms with van der Waals surface area (Å²) in [4.78, 5) is 12.1. The van der Waals surface area contributed by atoms with E-state index in [0.29, 0.717) is 6.42 Å². The molecule has 1 aliphatic rings. The summed E-state index contributed by atoms with van der Waals surface area (Å²) in [6, 6.07) is 7.01. The van der Waals surface area contributed by atoms with Gasteiger partial charge in [0, 0.05) is 19.1 Å². The number of nitrogens with one attached hydrogen (secondary N) is 1. The van der Waals surface area contributed by atoms with Crippen LogP contribution in [0.5, 0.6) is 5.75 Å². The predicted molar refractivity (Wildman–Crippen MR) is 83.7 cm³/mol. The van der Waals surface area contributed by atoms with Crippen LogP contribution in [0.15, 0.2) is 24.3 Å². The lowest BCUT2D eigenvalue weighted by atomic mass is 9.89. The number of benzene rings is 1. The van der Waals surface area contributed by atoms with Gasteiger partial charge in [0.25, 0.3) is 0 Å². The molecule has 118 valence electrons. The van der Waals surface area contributed by atoms with Crippen molar-refractivity contribution < 1.29 is 14.3 Å². The van der Waals surface area contributed by atoms with Gasteiger partial charge in [0.2, 0.25) is 5.91 Å². The van der Waals surface area contributed by atoms with Crippen LogP contribution in [0.25, 0.3) is 0 Å². The van der Waals surface area contributed by atoms with E-state index in [2.05, 4.69) is 5.32 Å². The highest BCUT2D eigenvalue weighted by atomic mass is 35.5. The van der Waals surface area contributed by atoms with Gasteiger partial charge in [-0.2, -0.15) is 0 Å². The van der Waals surface area contributed by atoms with E-state index in [1.54, 1.807) is 0 Å². The van der Waals surface area contributed by atoms with Crippen LogP contribution in [0.3, 0.4) is 0 Å². The minimum absolute atomic E-state index is 0. The van der Waals surface area contributed by atoms with Gasteiger partial charge in [0.1, 0.15) is 17.4 Å². The molecular formula is C15H23ClN2O3. The fraction of sp³-hybridized carbons (Fsp3) is 0.533. The molecule has 0 saturated carbocycles. The number of hydrogen-bond acceptors (Lipinski definition) is 4. The molecule has 2 unspecified atom stereocenters. The Labute approximate surface area is 131 Å². The van der Waals surface area contributed by atoms with E-state index in [4.69, 9.17) is 15.2 Å². The summed E-state index contributed by atoms with van der Waals surface area (Å²) in [7, 11) is 1.53. The lowest BCUT2D eigenvalue weighted by Gasteiger charge is -2.38. The van der Waals surface area contributed by atoms with Crippen molar-refractivity contribution in [3.8, 4) is 5.75 Å². The Balaban J connectivity index is 0.00000220. The molecule has 1 amide bonds. The smallest absolute Gasteiger partial charge is 0.239 e. The van der Waals surface area contributed by atoms with Crippen LogP contribution in [0.4, 0.5) is 0 Å². The summed E-state index contributed by atoms with van der Waals surface area (Å²) in [5.74, 6) is 0.610. The second kappa shape index (κ2) is 7.11. The monoisotopic (exact) mass is 314 g/mol. The molecular weight excluding hydrogens is 292 g/mol. The average molecular weight is 315 g/mol. The molecule has 0 aliphatic carbocycles. The third-order valence-electron chi connectivity index (χ3n) is 3.38. The summed E-state index contributed by atoms with van der Waals surface area (Å²) in [6.07, 6.45) is 0.704.